The molecule has 0 radical (unpaired) electrons. The number of hydrogen-bond donors (Lipinski definition) is 0. The third kappa shape index (κ3) is 4.85. The molecular formula is C23H22N2O7S. The second-order valence-corrected chi connectivity index (χ2v) is 9.03. The second-order valence-electron chi connectivity index (χ2n) is 7.17. The quantitative estimate of drug-likeness (QED) is 0.359. The van der Waals surface area contributed by atoms with Crippen LogP contribution in [-0.2, 0) is 16.6 Å². The Morgan fingerprint density at radius 3 is 2.27 bits per heavy atom. The minimum Gasteiger partial charge on any atom is -0.494 e. The first-order valence-electron chi connectivity index (χ1n) is 10.3. The highest BCUT2D eigenvalue weighted by Crippen LogP contribution is 2.35. The number of fused-ring (bicyclic) bond motifs is 1. The molecule has 0 aromatic heterocycles. The van der Waals surface area contributed by atoms with Crippen LogP contribution in [0.15, 0.2) is 71.6 Å². The first kappa shape index (κ1) is 22.4. The van der Waals surface area contributed by atoms with Crippen molar-refractivity contribution in [3.63, 3.8) is 0 Å². The largest absolute Gasteiger partial charge is 0.494 e. The van der Waals surface area contributed by atoms with Gasteiger partial charge in [0, 0.05) is 18.2 Å². The van der Waals surface area contributed by atoms with E-state index in [1.807, 2.05) is 6.92 Å². The molecule has 0 spiro atoms. The van der Waals surface area contributed by atoms with Gasteiger partial charge in [0.25, 0.3) is 15.7 Å². The summed E-state index contributed by atoms with van der Waals surface area (Å²) in [5.74, 6) is 1.47. The molecule has 0 atom stereocenters. The van der Waals surface area contributed by atoms with Crippen molar-refractivity contribution in [2.75, 3.05) is 24.1 Å². The van der Waals surface area contributed by atoms with Gasteiger partial charge in [-0.05, 0) is 48.9 Å². The van der Waals surface area contributed by atoms with Crippen LogP contribution in [0.25, 0.3) is 0 Å². The van der Waals surface area contributed by atoms with Crippen LogP contribution in [0.2, 0.25) is 0 Å². The molecule has 172 valence electrons. The highest BCUT2D eigenvalue weighted by Gasteiger charge is 2.27. The molecule has 0 N–H and O–H groups in total. The number of sulfonamides is 1. The first-order valence-corrected chi connectivity index (χ1v) is 11.7. The summed E-state index contributed by atoms with van der Waals surface area (Å²) in [6.07, 6.45) is 0. The maximum atomic E-state index is 13.7. The van der Waals surface area contributed by atoms with Gasteiger partial charge in [-0.15, -0.1) is 0 Å². The fourth-order valence-corrected chi connectivity index (χ4v) is 4.86. The molecule has 0 bridgehead atoms. The standard InChI is InChI=1S/C23H22N2O7S/c1-2-30-20-9-7-18(8-10-20)24(16-17-3-5-19(6-4-17)25(26)27)33(28,29)21-11-12-22-23(15-21)32-14-13-31-22/h3-12,15H,2,13-14,16H2,1H3. The topological polar surface area (TPSA) is 108 Å². The number of non-ortho nitro benzene ring substituents is 1. The maximum Gasteiger partial charge on any atom is 0.269 e. The van der Waals surface area contributed by atoms with E-state index in [4.69, 9.17) is 14.2 Å². The van der Waals surface area contributed by atoms with Gasteiger partial charge in [0.05, 0.1) is 28.7 Å². The average Bonchev–Trinajstić information content (AvgIpc) is 2.83. The SMILES string of the molecule is CCOc1ccc(N(Cc2ccc([N+](=O)[O-])cc2)S(=O)(=O)c2ccc3c(c2)OCCO3)cc1. The summed E-state index contributed by atoms with van der Waals surface area (Å²) < 4.78 is 45.2. The Hall–Kier alpha value is -3.79. The van der Waals surface area contributed by atoms with E-state index >= 15 is 0 Å². The number of anilines is 1. The van der Waals surface area contributed by atoms with E-state index in [9.17, 15) is 18.5 Å². The van der Waals surface area contributed by atoms with E-state index in [-0.39, 0.29) is 17.1 Å². The minimum absolute atomic E-state index is 0.0250. The zero-order valence-corrected chi connectivity index (χ0v) is 18.7. The fourth-order valence-electron chi connectivity index (χ4n) is 3.39. The Morgan fingerprint density at radius 2 is 1.64 bits per heavy atom. The number of nitro benzene ring substituents is 1. The van der Waals surface area contributed by atoms with Crippen molar-refractivity contribution in [3.8, 4) is 17.2 Å². The smallest absolute Gasteiger partial charge is 0.269 e. The van der Waals surface area contributed by atoms with E-state index in [1.165, 1.54) is 28.6 Å². The minimum atomic E-state index is -4.01. The molecule has 1 aliphatic rings. The van der Waals surface area contributed by atoms with Crippen molar-refractivity contribution in [1.29, 1.82) is 0 Å². The Bertz CT molecular complexity index is 1240. The predicted octanol–water partition coefficient (Wildman–Crippen LogP) is 4.16. The van der Waals surface area contributed by atoms with Crippen LogP contribution in [0.4, 0.5) is 11.4 Å². The number of nitrogens with zero attached hydrogens (tertiary/aromatic N) is 2. The lowest BCUT2D eigenvalue weighted by Crippen LogP contribution is -2.30. The van der Waals surface area contributed by atoms with Gasteiger partial charge in [-0.3, -0.25) is 14.4 Å². The van der Waals surface area contributed by atoms with Crippen LogP contribution in [0.1, 0.15) is 12.5 Å². The molecule has 0 aliphatic carbocycles. The molecule has 3 aromatic rings. The molecule has 9 nitrogen and oxygen atoms in total. The predicted molar refractivity (Wildman–Crippen MR) is 122 cm³/mol. The van der Waals surface area contributed by atoms with Crippen molar-refractivity contribution in [2.24, 2.45) is 0 Å². The molecule has 10 heteroatoms. The van der Waals surface area contributed by atoms with Crippen molar-refractivity contribution in [3.05, 3.63) is 82.4 Å². The lowest BCUT2D eigenvalue weighted by molar-refractivity contribution is -0.384. The molecule has 0 unspecified atom stereocenters. The Balaban J connectivity index is 1.73. The van der Waals surface area contributed by atoms with E-state index < -0.39 is 14.9 Å². The van der Waals surface area contributed by atoms with Gasteiger partial charge < -0.3 is 14.2 Å². The van der Waals surface area contributed by atoms with Crippen molar-refractivity contribution in [2.45, 2.75) is 18.4 Å². The average molecular weight is 471 g/mol. The number of benzene rings is 3. The monoisotopic (exact) mass is 470 g/mol. The molecule has 33 heavy (non-hydrogen) atoms. The number of rotatable bonds is 8. The lowest BCUT2D eigenvalue weighted by atomic mass is 10.2. The maximum absolute atomic E-state index is 13.7. The normalized spacial score (nSPS) is 12.8. The fraction of sp³-hybridized carbons (Fsp3) is 0.217. The van der Waals surface area contributed by atoms with E-state index in [0.717, 1.165) is 0 Å². The van der Waals surface area contributed by atoms with Crippen LogP contribution >= 0.6 is 0 Å². The molecule has 0 saturated heterocycles. The lowest BCUT2D eigenvalue weighted by Gasteiger charge is -2.26. The Morgan fingerprint density at radius 1 is 0.970 bits per heavy atom. The Kier molecular flexibility index (Phi) is 6.36. The van der Waals surface area contributed by atoms with Gasteiger partial charge in [0.2, 0.25) is 0 Å². The summed E-state index contributed by atoms with van der Waals surface area (Å²) in [5.41, 5.74) is 0.948. The molecule has 0 amide bonds. The van der Waals surface area contributed by atoms with Crippen LogP contribution < -0.4 is 18.5 Å². The van der Waals surface area contributed by atoms with Crippen LogP contribution in [0.5, 0.6) is 17.2 Å². The summed E-state index contributed by atoms with van der Waals surface area (Å²) in [6.45, 7) is 3.06. The van der Waals surface area contributed by atoms with Gasteiger partial charge in [0.15, 0.2) is 11.5 Å². The van der Waals surface area contributed by atoms with Gasteiger partial charge in [-0.2, -0.15) is 0 Å². The van der Waals surface area contributed by atoms with Crippen LogP contribution in [-0.4, -0.2) is 33.2 Å². The van der Waals surface area contributed by atoms with E-state index in [0.29, 0.717) is 48.3 Å². The summed E-state index contributed by atoms with van der Waals surface area (Å²) in [4.78, 5) is 10.5. The van der Waals surface area contributed by atoms with Crippen molar-refractivity contribution < 1.29 is 27.6 Å². The third-order valence-electron chi connectivity index (χ3n) is 5.01. The number of nitro groups is 1. The molecule has 1 heterocycles. The zero-order valence-electron chi connectivity index (χ0n) is 17.8. The molecule has 3 aromatic carbocycles. The van der Waals surface area contributed by atoms with E-state index in [1.54, 1.807) is 42.5 Å². The van der Waals surface area contributed by atoms with Crippen LogP contribution in [0, 0.1) is 10.1 Å². The summed E-state index contributed by atoms with van der Waals surface area (Å²) >= 11 is 0. The van der Waals surface area contributed by atoms with Gasteiger partial charge in [-0.1, -0.05) is 12.1 Å². The van der Waals surface area contributed by atoms with Crippen molar-refractivity contribution >= 4 is 21.4 Å². The second kappa shape index (κ2) is 9.37. The number of hydrogen-bond acceptors (Lipinski definition) is 7. The van der Waals surface area contributed by atoms with Crippen molar-refractivity contribution in [1.82, 2.24) is 0 Å². The molecular weight excluding hydrogens is 448 g/mol. The highest BCUT2D eigenvalue weighted by molar-refractivity contribution is 7.92. The molecule has 0 fully saturated rings. The number of ether oxygens (including phenoxy) is 3. The third-order valence-corrected chi connectivity index (χ3v) is 6.78. The molecule has 1 aliphatic heterocycles. The highest BCUT2D eigenvalue weighted by atomic mass is 32.2. The summed E-state index contributed by atoms with van der Waals surface area (Å²) in [7, 11) is -4.01. The van der Waals surface area contributed by atoms with Gasteiger partial charge in [0.1, 0.15) is 19.0 Å². The van der Waals surface area contributed by atoms with Crippen LogP contribution in [0.3, 0.4) is 0 Å². The Labute approximate surface area is 191 Å². The van der Waals surface area contributed by atoms with Gasteiger partial charge in [-0.25, -0.2) is 8.42 Å². The van der Waals surface area contributed by atoms with E-state index in [2.05, 4.69) is 0 Å². The molecule has 0 saturated carbocycles. The first-order chi connectivity index (χ1) is 15.9. The van der Waals surface area contributed by atoms with Gasteiger partial charge >= 0.3 is 0 Å². The molecule has 4 rings (SSSR count). The zero-order chi connectivity index (χ0) is 23.4. The summed E-state index contributed by atoms with van der Waals surface area (Å²) in [5, 5.41) is 11.0. The summed E-state index contributed by atoms with van der Waals surface area (Å²) in [6, 6.07) is 17.0.